The highest BCUT2D eigenvalue weighted by atomic mass is 16.5. The van der Waals surface area contributed by atoms with Gasteiger partial charge in [-0.3, -0.25) is 9.69 Å². The molecule has 1 aromatic carbocycles. The second-order valence-electron chi connectivity index (χ2n) is 5.18. The molecule has 0 aliphatic carbocycles. The monoisotopic (exact) mass is 292 g/mol. The molecular formula is C15H20N2O4. The topological polar surface area (TPSA) is 78.9 Å². The van der Waals surface area contributed by atoms with Gasteiger partial charge < -0.3 is 15.2 Å². The van der Waals surface area contributed by atoms with Crippen LogP contribution in [0.1, 0.15) is 18.4 Å². The highest BCUT2D eigenvalue weighted by molar-refractivity contribution is 6.32. The average Bonchev–Trinajstić information content (AvgIpc) is 2.50. The van der Waals surface area contributed by atoms with Crippen molar-refractivity contribution in [3.63, 3.8) is 0 Å². The molecule has 1 heterocycles. The Morgan fingerprint density at radius 2 is 1.90 bits per heavy atom. The SMILES string of the molecule is COC(=O)C(=O)NC1CCN(Cc2ccc(O)cc2)CC1. The number of hydrogen-bond donors (Lipinski definition) is 2. The Labute approximate surface area is 123 Å². The summed E-state index contributed by atoms with van der Waals surface area (Å²) in [7, 11) is 1.20. The number of phenols is 1. The van der Waals surface area contributed by atoms with Crippen molar-refractivity contribution in [2.75, 3.05) is 20.2 Å². The summed E-state index contributed by atoms with van der Waals surface area (Å²) in [6, 6.07) is 7.19. The van der Waals surface area contributed by atoms with Crippen LogP contribution in [-0.4, -0.2) is 48.1 Å². The predicted octanol–water partition coefficient (Wildman–Crippen LogP) is 0.646. The first-order chi connectivity index (χ1) is 10.1. The second-order valence-corrected chi connectivity index (χ2v) is 5.18. The first-order valence-corrected chi connectivity index (χ1v) is 6.97. The molecule has 0 atom stereocenters. The predicted molar refractivity (Wildman–Crippen MR) is 76.6 cm³/mol. The number of phenolic OH excluding ortho intramolecular Hbond substituents is 1. The highest BCUT2D eigenvalue weighted by Crippen LogP contribution is 2.16. The summed E-state index contributed by atoms with van der Waals surface area (Å²) in [5, 5.41) is 11.9. The van der Waals surface area contributed by atoms with Crippen LogP contribution in [0.2, 0.25) is 0 Å². The van der Waals surface area contributed by atoms with Crippen LogP contribution < -0.4 is 5.32 Å². The molecule has 0 aromatic heterocycles. The minimum Gasteiger partial charge on any atom is -0.508 e. The number of amides is 1. The van der Waals surface area contributed by atoms with Crippen molar-refractivity contribution in [1.29, 1.82) is 0 Å². The summed E-state index contributed by atoms with van der Waals surface area (Å²) < 4.78 is 4.38. The molecule has 6 heteroatoms. The molecule has 114 valence electrons. The zero-order valence-electron chi connectivity index (χ0n) is 12.0. The van der Waals surface area contributed by atoms with Gasteiger partial charge in [-0.05, 0) is 30.5 Å². The van der Waals surface area contributed by atoms with E-state index in [1.165, 1.54) is 7.11 Å². The average molecular weight is 292 g/mol. The number of hydrogen-bond acceptors (Lipinski definition) is 5. The molecule has 1 aliphatic heterocycles. The Hall–Kier alpha value is -2.08. The normalized spacial score (nSPS) is 16.4. The fourth-order valence-corrected chi connectivity index (χ4v) is 2.43. The van der Waals surface area contributed by atoms with Crippen molar-refractivity contribution in [1.82, 2.24) is 10.2 Å². The number of rotatable bonds is 3. The van der Waals surface area contributed by atoms with Gasteiger partial charge >= 0.3 is 11.9 Å². The van der Waals surface area contributed by atoms with E-state index >= 15 is 0 Å². The van der Waals surface area contributed by atoms with Crippen LogP contribution in [0.3, 0.4) is 0 Å². The number of ether oxygens (including phenoxy) is 1. The lowest BCUT2D eigenvalue weighted by Gasteiger charge is -2.32. The summed E-state index contributed by atoms with van der Waals surface area (Å²) in [4.78, 5) is 24.8. The van der Waals surface area contributed by atoms with Crippen molar-refractivity contribution in [3.8, 4) is 5.75 Å². The van der Waals surface area contributed by atoms with Crippen LogP contribution in [-0.2, 0) is 20.9 Å². The number of nitrogens with one attached hydrogen (secondary N) is 1. The fourth-order valence-electron chi connectivity index (χ4n) is 2.43. The molecule has 0 unspecified atom stereocenters. The third kappa shape index (κ3) is 4.46. The van der Waals surface area contributed by atoms with Crippen LogP contribution >= 0.6 is 0 Å². The smallest absolute Gasteiger partial charge is 0.396 e. The maximum atomic E-state index is 11.4. The van der Waals surface area contributed by atoms with Gasteiger partial charge in [0.2, 0.25) is 0 Å². The number of carbonyl (C=O) groups is 2. The lowest BCUT2D eigenvalue weighted by atomic mass is 10.0. The Morgan fingerprint density at radius 1 is 1.29 bits per heavy atom. The minimum absolute atomic E-state index is 0.0210. The van der Waals surface area contributed by atoms with Crippen LogP contribution in [0.25, 0.3) is 0 Å². The molecule has 0 bridgehead atoms. The molecule has 1 fully saturated rings. The molecule has 2 N–H and O–H groups in total. The van der Waals surface area contributed by atoms with Gasteiger partial charge in [0.15, 0.2) is 0 Å². The van der Waals surface area contributed by atoms with Gasteiger partial charge in [0.05, 0.1) is 7.11 Å². The Morgan fingerprint density at radius 3 is 2.48 bits per heavy atom. The van der Waals surface area contributed by atoms with E-state index < -0.39 is 11.9 Å². The minimum atomic E-state index is -0.846. The van der Waals surface area contributed by atoms with Crippen LogP contribution in [0.5, 0.6) is 5.75 Å². The summed E-state index contributed by atoms with van der Waals surface area (Å²) in [6.45, 7) is 2.53. The quantitative estimate of drug-likeness (QED) is 0.631. The zero-order chi connectivity index (χ0) is 15.2. The van der Waals surface area contributed by atoms with Crippen molar-refractivity contribution in [3.05, 3.63) is 29.8 Å². The molecule has 1 aliphatic rings. The number of benzene rings is 1. The number of aromatic hydroxyl groups is 1. The molecule has 1 amide bonds. The van der Waals surface area contributed by atoms with E-state index in [4.69, 9.17) is 0 Å². The van der Waals surface area contributed by atoms with Crippen molar-refractivity contribution >= 4 is 11.9 Å². The van der Waals surface area contributed by atoms with Crippen LogP contribution in [0.4, 0.5) is 0 Å². The molecule has 0 saturated carbocycles. The lowest BCUT2D eigenvalue weighted by molar-refractivity contribution is -0.153. The maximum absolute atomic E-state index is 11.4. The van der Waals surface area contributed by atoms with Gasteiger partial charge in [0.1, 0.15) is 5.75 Å². The number of piperidine rings is 1. The van der Waals surface area contributed by atoms with Crippen molar-refractivity contribution in [2.45, 2.75) is 25.4 Å². The Bertz CT molecular complexity index is 493. The molecule has 2 rings (SSSR count). The number of likely N-dealkylation sites (tertiary alicyclic amines) is 1. The summed E-state index contributed by atoms with van der Waals surface area (Å²) in [6.07, 6.45) is 1.61. The van der Waals surface area contributed by atoms with E-state index in [1.807, 2.05) is 12.1 Å². The van der Waals surface area contributed by atoms with Crippen molar-refractivity contribution < 1.29 is 19.4 Å². The van der Waals surface area contributed by atoms with Gasteiger partial charge in [-0.2, -0.15) is 0 Å². The van der Waals surface area contributed by atoms with Gasteiger partial charge in [0.25, 0.3) is 0 Å². The number of methoxy groups -OCH3 is 1. The number of esters is 1. The van der Waals surface area contributed by atoms with Gasteiger partial charge in [-0.25, -0.2) is 4.79 Å². The molecular weight excluding hydrogens is 272 g/mol. The van der Waals surface area contributed by atoms with E-state index in [9.17, 15) is 14.7 Å². The maximum Gasteiger partial charge on any atom is 0.396 e. The van der Waals surface area contributed by atoms with Crippen LogP contribution in [0, 0.1) is 0 Å². The Balaban J connectivity index is 1.76. The largest absolute Gasteiger partial charge is 0.508 e. The molecule has 1 aromatic rings. The van der Waals surface area contributed by atoms with E-state index in [0.717, 1.165) is 38.0 Å². The van der Waals surface area contributed by atoms with Gasteiger partial charge in [0, 0.05) is 25.7 Å². The molecule has 1 saturated heterocycles. The zero-order valence-corrected chi connectivity index (χ0v) is 12.0. The van der Waals surface area contributed by atoms with E-state index in [2.05, 4.69) is 15.0 Å². The van der Waals surface area contributed by atoms with Crippen molar-refractivity contribution in [2.24, 2.45) is 0 Å². The second kappa shape index (κ2) is 7.08. The van der Waals surface area contributed by atoms with Crippen LogP contribution in [0.15, 0.2) is 24.3 Å². The fraction of sp³-hybridized carbons (Fsp3) is 0.467. The van der Waals surface area contributed by atoms with Gasteiger partial charge in [-0.15, -0.1) is 0 Å². The standard InChI is InChI=1S/C15H20N2O4/c1-21-15(20)14(19)16-12-6-8-17(9-7-12)10-11-2-4-13(18)5-3-11/h2-5,12,18H,6-10H2,1H3,(H,16,19). The number of nitrogens with zero attached hydrogens (tertiary/aromatic N) is 1. The summed E-state index contributed by atoms with van der Waals surface area (Å²) >= 11 is 0. The third-order valence-corrected chi connectivity index (χ3v) is 3.64. The first kappa shape index (κ1) is 15.3. The molecule has 21 heavy (non-hydrogen) atoms. The Kier molecular flexibility index (Phi) is 5.16. The van der Waals surface area contributed by atoms with E-state index in [-0.39, 0.29) is 11.8 Å². The lowest BCUT2D eigenvalue weighted by Crippen LogP contribution is -2.46. The molecule has 0 radical (unpaired) electrons. The highest BCUT2D eigenvalue weighted by Gasteiger charge is 2.23. The van der Waals surface area contributed by atoms with Gasteiger partial charge in [-0.1, -0.05) is 12.1 Å². The first-order valence-electron chi connectivity index (χ1n) is 6.97. The number of carbonyl (C=O) groups excluding carboxylic acids is 2. The van der Waals surface area contributed by atoms with E-state index in [1.54, 1.807) is 12.1 Å². The summed E-state index contributed by atoms with van der Waals surface area (Å²) in [5.41, 5.74) is 1.14. The third-order valence-electron chi connectivity index (χ3n) is 3.64. The van der Waals surface area contributed by atoms with E-state index in [0.29, 0.717) is 0 Å². The molecule has 0 spiro atoms. The molecule has 6 nitrogen and oxygen atoms in total. The summed E-state index contributed by atoms with van der Waals surface area (Å²) in [5.74, 6) is -1.25.